The van der Waals surface area contributed by atoms with E-state index in [-0.39, 0.29) is 5.69 Å². The molecule has 3 N–H and O–H groups in total. The van der Waals surface area contributed by atoms with Gasteiger partial charge in [0.15, 0.2) is 5.82 Å². The number of nitrogens with one attached hydrogen (secondary N) is 1. The fourth-order valence-corrected chi connectivity index (χ4v) is 4.90. The van der Waals surface area contributed by atoms with E-state index in [1.807, 2.05) is 0 Å². The first-order valence-corrected chi connectivity index (χ1v) is 6.64. The van der Waals surface area contributed by atoms with Crippen LogP contribution in [0.15, 0.2) is 4.79 Å². The fourth-order valence-electron chi connectivity index (χ4n) is 4.90. The van der Waals surface area contributed by atoms with Crippen LogP contribution in [0, 0.1) is 23.7 Å². The largest absolute Gasteiger partial charge is 0.361 e. The van der Waals surface area contributed by atoms with E-state index in [0.29, 0.717) is 17.8 Å². The van der Waals surface area contributed by atoms with Crippen molar-refractivity contribution in [3.63, 3.8) is 0 Å². The number of nitrogens with zero attached hydrogens (tertiary/aromatic N) is 2. The molecular formula is C12H18N4O. The van der Waals surface area contributed by atoms with Crippen LogP contribution in [0.2, 0.25) is 0 Å². The topological polar surface area (TPSA) is 76.7 Å². The molecule has 4 fully saturated rings. The van der Waals surface area contributed by atoms with Crippen molar-refractivity contribution in [1.29, 1.82) is 0 Å². The van der Waals surface area contributed by atoms with E-state index in [9.17, 15) is 4.79 Å². The van der Waals surface area contributed by atoms with Gasteiger partial charge in [-0.05, 0) is 55.8 Å². The van der Waals surface area contributed by atoms with Crippen molar-refractivity contribution in [2.45, 2.75) is 38.0 Å². The minimum absolute atomic E-state index is 0.284. The van der Waals surface area contributed by atoms with Crippen LogP contribution in [0.1, 0.15) is 43.8 Å². The van der Waals surface area contributed by atoms with Gasteiger partial charge in [-0.15, -0.1) is 0 Å². The first-order valence-electron chi connectivity index (χ1n) is 6.64. The number of nitrogen functional groups attached to an aromatic ring is 1. The Hall–Kier alpha value is -1.26. The van der Waals surface area contributed by atoms with Crippen molar-refractivity contribution in [3.8, 4) is 0 Å². The van der Waals surface area contributed by atoms with Gasteiger partial charge in [-0.2, -0.15) is 9.77 Å². The molecule has 4 saturated carbocycles. The third-order valence-electron chi connectivity index (χ3n) is 5.26. The first-order chi connectivity index (χ1) is 8.22. The smallest absolute Gasteiger partial charge is 0.333 e. The summed E-state index contributed by atoms with van der Waals surface area (Å²) in [6.07, 6.45) is 6.71. The third kappa shape index (κ3) is 1.25. The van der Waals surface area contributed by atoms with E-state index >= 15 is 0 Å². The molecule has 1 aromatic heterocycles. The summed E-state index contributed by atoms with van der Waals surface area (Å²) >= 11 is 0. The highest BCUT2D eigenvalue weighted by Gasteiger charge is 2.50. The zero-order chi connectivity index (χ0) is 11.6. The van der Waals surface area contributed by atoms with Crippen molar-refractivity contribution >= 4 is 0 Å². The van der Waals surface area contributed by atoms with Gasteiger partial charge in [0.2, 0.25) is 0 Å². The lowest BCUT2D eigenvalue weighted by molar-refractivity contribution is -0.00645. The Morgan fingerprint density at radius 1 is 1.12 bits per heavy atom. The lowest BCUT2D eigenvalue weighted by atomic mass is 9.52. The number of nitrogens with two attached hydrogens (primary N) is 1. The van der Waals surface area contributed by atoms with E-state index in [1.165, 1.54) is 36.8 Å². The van der Waals surface area contributed by atoms with E-state index in [4.69, 9.17) is 5.84 Å². The summed E-state index contributed by atoms with van der Waals surface area (Å²) in [6.45, 7) is 0. The molecule has 0 radical (unpaired) electrons. The number of aromatic nitrogens is 3. The van der Waals surface area contributed by atoms with E-state index in [2.05, 4.69) is 10.2 Å². The fraction of sp³-hybridized carbons (Fsp3) is 0.833. The van der Waals surface area contributed by atoms with Gasteiger partial charge in [-0.1, -0.05) is 0 Å². The molecule has 0 atom stereocenters. The molecule has 5 rings (SSSR count). The van der Waals surface area contributed by atoms with Crippen molar-refractivity contribution in [3.05, 3.63) is 16.3 Å². The molecule has 4 bridgehead atoms. The number of aromatic amines is 1. The Balaban J connectivity index is 1.75. The van der Waals surface area contributed by atoms with Crippen LogP contribution in [0.25, 0.3) is 0 Å². The monoisotopic (exact) mass is 234 g/mol. The zero-order valence-electron chi connectivity index (χ0n) is 9.80. The van der Waals surface area contributed by atoms with Crippen LogP contribution in [-0.2, 0) is 0 Å². The molecule has 17 heavy (non-hydrogen) atoms. The maximum absolute atomic E-state index is 11.4. The van der Waals surface area contributed by atoms with Gasteiger partial charge in [0.1, 0.15) is 0 Å². The predicted octanol–water partition coefficient (Wildman–Crippen LogP) is 0.825. The second kappa shape index (κ2) is 3.15. The molecular weight excluding hydrogens is 216 g/mol. The van der Waals surface area contributed by atoms with Crippen molar-refractivity contribution in [1.82, 2.24) is 14.9 Å². The van der Waals surface area contributed by atoms with Gasteiger partial charge in [-0.3, -0.25) is 0 Å². The zero-order valence-corrected chi connectivity index (χ0v) is 9.80. The van der Waals surface area contributed by atoms with E-state index in [0.717, 1.165) is 17.7 Å². The first kappa shape index (κ1) is 9.74. The summed E-state index contributed by atoms with van der Waals surface area (Å²) in [5, 5.41) is 6.64. The second-order valence-electron chi connectivity index (χ2n) is 6.21. The minimum Gasteiger partial charge on any atom is -0.333 e. The summed E-state index contributed by atoms with van der Waals surface area (Å²) in [7, 11) is 0. The van der Waals surface area contributed by atoms with Gasteiger partial charge in [0, 0.05) is 5.92 Å². The molecule has 1 aromatic rings. The van der Waals surface area contributed by atoms with Crippen molar-refractivity contribution < 1.29 is 0 Å². The van der Waals surface area contributed by atoms with Crippen LogP contribution in [-0.4, -0.2) is 14.9 Å². The van der Waals surface area contributed by atoms with Crippen LogP contribution in [0.4, 0.5) is 0 Å². The Labute approximate surface area is 99.4 Å². The summed E-state index contributed by atoms with van der Waals surface area (Å²) < 4.78 is 1.23. The molecule has 0 spiro atoms. The van der Waals surface area contributed by atoms with Gasteiger partial charge in [0.05, 0.1) is 0 Å². The van der Waals surface area contributed by atoms with Crippen molar-refractivity contribution in [2.75, 3.05) is 5.84 Å². The molecule has 4 aliphatic rings. The molecule has 92 valence electrons. The number of rotatable bonds is 1. The average molecular weight is 234 g/mol. The lowest BCUT2D eigenvalue weighted by Gasteiger charge is -2.53. The highest BCUT2D eigenvalue weighted by molar-refractivity contribution is 5.10. The molecule has 5 heteroatoms. The minimum atomic E-state index is -0.284. The van der Waals surface area contributed by atoms with Crippen LogP contribution in [0.3, 0.4) is 0 Å². The maximum Gasteiger partial charge on any atom is 0.361 e. The maximum atomic E-state index is 11.4. The summed E-state index contributed by atoms with van der Waals surface area (Å²) in [6, 6.07) is 0. The molecule has 0 aromatic carbocycles. The number of H-pyrrole nitrogens is 1. The highest BCUT2D eigenvalue weighted by atomic mass is 16.2. The summed E-state index contributed by atoms with van der Waals surface area (Å²) in [5.74, 6) is 10.3. The highest BCUT2D eigenvalue weighted by Crippen LogP contribution is 2.59. The summed E-state index contributed by atoms with van der Waals surface area (Å²) in [4.78, 5) is 11.4. The Morgan fingerprint density at radius 2 is 1.71 bits per heavy atom. The predicted molar refractivity (Wildman–Crippen MR) is 62.8 cm³/mol. The van der Waals surface area contributed by atoms with Gasteiger partial charge in [-0.25, -0.2) is 9.89 Å². The standard InChI is InChI=1S/C12H18N4O/c13-16-11(14-15-12(16)17)10-8-2-6-1-7(4-8)5-9(10)3-6/h6-10H,1-5,13H2,(H,15,17). The van der Waals surface area contributed by atoms with Crippen molar-refractivity contribution in [2.24, 2.45) is 23.7 Å². The van der Waals surface area contributed by atoms with E-state index < -0.39 is 0 Å². The van der Waals surface area contributed by atoms with E-state index in [1.54, 1.807) is 0 Å². The van der Waals surface area contributed by atoms with Crippen LogP contribution >= 0.6 is 0 Å². The normalized spacial score (nSPS) is 43.2. The Kier molecular flexibility index (Phi) is 1.80. The number of hydrogen-bond acceptors (Lipinski definition) is 3. The quantitative estimate of drug-likeness (QED) is 0.706. The third-order valence-corrected chi connectivity index (χ3v) is 5.26. The van der Waals surface area contributed by atoms with Gasteiger partial charge >= 0.3 is 5.69 Å². The second-order valence-corrected chi connectivity index (χ2v) is 6.21. The SMILES string of the molecule is Nn1c(C2C3CC4CC(C3)CC2C4)n[nH]c1=O. The summed E-state index contributed by atoms with van der Waals surface area (Å²) in [5.41, 5.74) is -0.284. The van der Waals surface area contributed by atoms with Crippen LogP contribution < -0.4 is 11.5 Å². The molecule has 0 amide bonds. The van der Waals surface area contributed by atoms with Gasteiger partial charge in [0.25, 0.3) is 0 Å². The molecule has 4 aliphatic carbocycles. The molecule has 0 unspecified atom stereocenters. The molecule has 1 heterocycles. The molecule has 0 saturated heterocycles. The Morgan fingerprint density at radius 3 is 2.18 bits per heavy atom. The Bertz CT molecular complexity index is 475. The van der Waals surface area contributed by atoms with Gasteiger partial charge < -0.3 is 5.84 Å². The average Bonchev–Trinajstić information content (AvgIpc) is 2.60. The molecule has 5 nitrogen and oxygen atoms in total. The number of hydrogen-bond donors (Lipinski definition) is 2. The van der Waals surface area contributed by atoms with Crippen LogP contribution in [0.5, 0.6) is 0 Å². The lowest BCUT2D eigenvalue weighted by Crippen LogP contribution is -2.45. The molecule has 0 aliphatic heterocycles.